The Bertz CT molecular complexity index is 212. The molecule has 0 saturated heterocycles. The van der Waals surface area contributed by atoms with Crippen molar-refractivity contribution in [2.75, 3.05) is 14.1 Å². The Morgan fingerprint density at radius 3 is 2.55 bits per heavy atom. The molecular formula is C9H14N2. The maximum absolute atomic E-state index is 2.08. The zero-order valence-electron chi connectivity index (χ0n) is 7.28. The van der Waals surface area contributed by atoms with E-state index in [0.717, 1.165) is 0 Å². The van der Waals surface area contributed by atoms with Gasteiger partial charge in [0.1, 0.15) is 0 Å². The van der Waals surface area contributed by atoms with Crippen LogP contribution in [0.2, 0.25) is 0 Å². The van der Waals surface area contributed by atoms with E-state index < -0.39 is 0 Å². The van der Waals surface area contributed by atoms with Crippen LogP contribution in [0.5, 0.6) is 0 Å². The number of nitrogens with zero attached hydrogens (tertiary/aromatic N) is 2. The van der Waals surface area contributed by atoms with E-state index in [9.17, 15) is 0 Å². The van der Waals surface area contributed by atoms with Gasteiger partial charge < -0.3 is 0 Å². The lowest BCUT2D eigenvalue weighted by atomic mass is 10.3. The van der Waals surface area contributed by atoms with E-state index >= 15 is 0 Å². The van der Waals surface area contributed by atoms with Gasteiger partial charge in [-0.3, -0.25) is 5.01 Å². The Morgan fingerprint density at radius 1 is 1.36 bits per heavy atom. The van der Waals surface area contributed by atoms with E-state index in [1.807, 2.05) is 44.4 Å². The molecular weight excluding hydrogens is 136 g/mol. The average molecular weight is 150 g/mol. The summed E-state index contributed by atoms with van der Waals surface area (Å²) in [5, 5.41) is 4.12. The van der Waals surface area contributed by atoms with Crippen LogP contribution in [0.3, 0.4) is 0 Å². The maximum Gasteiger partial charge on any atom is 0.0530 e. The first kappa shape index (κ1) is 8.08. The second kappa shape index (κ2) is 3.39. The molecule has 0 spiro atoms. The van der Waals surface area contributed by atoms with E-state index in [0.29, 0.717) is 0 Å². The van der Waals surface area contributed by atoms with Gasteiger partial charge >= 0.3 is 0 Å². The lowest BCUT2D eigenvalue weighted by molar-refractivity contribution is 0.129. The zero-order valence-corrected chi connectivity index (χ0v) is 7.28. The molecule has 0 radical (unpaired) electrons. The van der Waals surface area contributed by atoms with Gasteiger partial charge in [-0.05, 0) is 19.1 Å². The van der Waals surface area contributed by atoms with Crippen molar-refractivity contribution in [3.63, 3.8) is 0 Å². The Labute approximate surface area is 68.1 Å². The third-order valence-corrected chi connectivity index (χ3v) is 1.60. The largest absolute Gasteiger partial charge is 0.283 e. The molecule has 60 valence electrons. The molecule has 0 aliphatic carbocycles. The summed E-state index contributed by atoms with van der Waals surface area (Å²) in [6, 6.07) is 0. The lowest BCUT2D eigenvalue weighted by Gasteiger charge is -2.29. The average Bonchev–Trinajstić information content (AvgIpc) is 2.04. The highest BCUT2D eigenvalue weighted by Gasteiger charge is 2.06. The molecule has 0 aromatic rings. The van der Waals surface area contributed by atoms with Crippen molar-refractivity contribution in [3.05, 3.63) is 36.2 Å². The molecule has 0 amide bonds. The van der Waals surface area contributed by atoms with Gasteiger partial charge in [0.15, 0.2) is 0 Å². The van der Waals surface area contributed by atoms with Crippen LogP contribution in [-0.4, -0.2) is 24.1 Å². The van der Waals surface area contributed by atoms with Crippen LogP contribution in [0.1, 0.15) is 6.92 Å². The van der Waals surface area contributed by atoms with Gasteiger partial charge in [0, 0.05) is 20.3 Å². The molecule has 2 nitrogen and oxygen atoms in total. The molecule has 1 aliphatic rings. The minimum atomic E-state index is 1.21. The molecule has 0 saturated carbocycles. The van der Waals surface area contributed by atoms with E-state index in [1.165, 1.54) is 5.70 Å². The fraction of sp³-hybridized carbons (Fsp3) is 0.333. The number of hydrazine groups is 1. The fourth-order valence-corrected chi connectivity index (χ4v) is 1.04. The molecule has 11 heavy (non-hydrogen) atoms. The van der Waals surface area contributed by atoms with Crippen molar-refractivity contribution in [3.8, 4) is 0 Å². The Kier molecular flexibility index (Phi) is 2.49. The molecule has 1 heterocycles. The Balaban J connectivity index is 2.80. The molecule has 0 bridgehead atoms. The summed E-state index contributed by atoms with van der Waals surface area (Å²) in [6.07, 6.45) is 10.3. The smallest absolute Gasteiger partial charge is 0.0530 e. The highest BCUT2D eigenvalue weighted by Crippen LogP contribution is 2.12. The lowest BCUT2D eigenvalue weighted by Crippen LogP contribution is -2.31. The molecule has 0 aromatic carbocycles. The first-order valence-electron chi connectivity index (χ1n) is 3.73. The van der Waals surface area contributed by atoms with Gasteiger partial charge in [0.25, 0.3) is 0 Å². The van der Waals surface area contributed by atoms with Crippen LogP contribution < -0.4 is 0 Å². The first-order valence-corrected chi connectivity index (χ1v) is 3.73. The van der Waals surface area contributed by atoms with E-state index in [-0.39, 0.29) is 0 Å². The molecule has 0 N–H and O–H groups in total. The molecule has 1 rings (SSSR count). The molecule has 0 atom stereocenters. The molecule has 0 unspecified atom stereocenters. The highest BCUT2D eigenvalue weighted by atomic mass is 15.6. The van der Waals surface area contributed by atoms with Gasteiger partial charge in [-0.25, -0.2) is 5.01 Å². The number of rotatable bonds is 1. The van der Waals surface area contributed by atoms with Crippen LogP contribution in [0.25, 0.3) is 0 Å². The van der Waals surface area contributed by atoms with Crippen LogP contribution in [0.15, 0.2) is 36.2 Å². The summed E-state index contributed by atoms with van der Waals surface area (Å²) in [5.41, 5.74) is 1.21. The Hall–Kier alpha value is -1.02. The summed E-state index contributed by atoms with van der Waals surface area (Å²) in [6.45, 7) is 2.04. The van der Waals surface area contributed by atoms with E-state index in [1.54, 1.807) is 0 Å². The van der Waals surface area contributed by atoms with Gasteiger partial charge in [0.05, 0.1) is 5.70 Å². The topological polar surface area (TPSA) is 6.48 Å². The summed E-state index contributed by atoms with van der Waals surface area (Å²) in [7, 11) is 4.04. The first-order chi connectivity index (χ1) is 5.25. The summed E-state index contributed by atoms with van der Waals surface area (Å²) in [5.74, 6) is 0. The van der Waals surface area contributed by atoms with Gasteiger partial charge in [-0.1, -0.05) is 12.2 Å². The predicted octanol–water partition coefficient (Wildman–Crippen LogP) is 1.75. The summed E-state index contributed by atoms with van der Waals surface area (Å²) < 4.78 is 0. The SMILES string of the molecule is C/C=C1/C=CC=CN1N(C)C. The molecule has 0 aromatic heterocycles. The quantitative estimate of drug-likeness (QED) is 0.562. The fourth-order valence-electron chi connectivity index (χ4n) is 1.04. The van der Waals surface area contributed by atoms with Crippen LogP contribution in [0.4, 0.5) is 0 Å². The minimum absolute atomic E-state index is 1.21. The van der Waals surface area contributed by atoms with E-state index in [2.05, 4.69) is 17.2 Å². The van der Waals surface area contributed by atoms with E-state index in [4.69, 9.17) is 0 Å². The van der Waals surface area contributed by atoms with Gasteiger partial charge in [0.2, 0.25) is 0 Å². The normalized spacial score (nSPS) is 20.4. The van der Waals surface area contributed by atoms with Gasteiger partial charge in [-0.15, -0.1) is 0 Å². The van der Waals surface area contributed by atoms with Crippen LogP contribution >= 0.6 is 0 Å². The summed E-state index contributed by atoms with van der Waals surface area (Å²) >= 11 is 0. The standard InChI is InChI=1S/C9H14N2/c1-4-9-7-5-6-8-11(9)10(2)3/h4-8H,1-3H3/b9-4-. The van der Waals surface area contributed by atoms with Crippen LogP contribution in [0, 0.1) is 0 Å². The van der Waals surface area contributed by atoms with Crippen molar-refractivity contribution in [1.82, 2.24) is 10.0 Å². The predicted molar refractivity (Wildman–Crippen MR) is 47.6 cm³/mol. The zero-order chi connectivity index (χ0) is 8.27. The third kappa shape index (κ3) is 1.71. The monoisotopic (exact) mass is 150 g/mol. The van der Waals surface area contributed by atoms with Crippen molar-refractivity contribution in [1.29, 1.82) is 0 Å². The highest BCUT2D eigenvalue weighted by molar-refractivity contribution is 5.26. The second-order valence-electron chi connectivity index (χ2n) is 2.61. The summed E-state index contributed by atoms with van der Waals surface area (Å²) in [4.78, 5) is 0. The van der Waals surface area contributed by atoms with Gasteiger partial charge in [-0.2, -0.15) is 0 Å². The number of hydrogen-bond donors (Lipinski definition) is 0. The minimum Gasteiger partial charge on any atom is -0.283 e. The molecule has 2 heteroatoms. The molecule has 0 fully saturated rings. The Morgan fingerprint density at radius 2 is 2.09 bits per heavy atom. The second-order valence-corrected chi connectivity index (χ2v) is 2.61. The number of hydrogen-bond acceptors (Lipinski definition) is 2. The van der Waals surface area contributed by atoms with Crippen molar-refractivity contribution in [2.45, 2.75) is 6.92 Å². The maximum atomic E-state index is 2.08. The van der Waals surface area contributed by atoms with Crippen molar-refractivity contribution < 1.29 is 0 Å². The van der Waals surface area contributed by atoms with Crippen molar-refractivity contribution in [2.24, 2.45) is 0 Å². The van der Waals surface area contributed by atoms with Crippen LogP contribution in [-0.2, 0) is 0 Å². The van der Waals surface area contributed by atoms with Crippen molar-refractivity contribution >= 4 is 0 Å². The number of allylic oxidation sites excluding steroid dienone is 4. The molecule has 1 aliphatic heterocycles. The third-order valence-electron chi connectivity index (χ3n) is 1.60.